The van der Waals surface area contributed by atoms with Crippen LogP contribution in [0.15, 0.2) is 18.2 Å². The van der Waals surface area contributed by atoms with Crippen molar-refractivity contribution in [2.45, 2.75) is 19.3 Å². The summed E-state index contributed by atoms with van der Waals surface area (Å²) in [5.74, 6) is 0.669. The van der Waals surface area contributed by atoms with E-state index in [1.54, 1.807) is 6.07 Å². The molecule has 6 nitrogen and oxygen atoms in total. The van der Waals surface area contributed by atoms with Crippen molar-refractivity contribution in [1.29, 1.82) is 0 Å². The van der Waals surface area contributed by atoms with Crippen molar-refractivity contribution in [3.8, 4) is 0 Å². The second kappa shape index (κ2) is 6.22. The lowest BCUT2D eigenvalue weighted by Crippen LogP contribution is -2.52. The van der Waals surface area contributed by atoms with Gasteiger partial charge in [-0.25, -0.2) is 4.98 Å². The molecule has 1 amide bonds. The number of aliphatic hydroxyl groups excluding tert-OH is 1. The zero-order valence-corrected chi connectivity index (χ0v) is 12.8. The highest BCUT2D eigenvalue weighted by Crippen LogP contribution is 2.43. The zero-order chi connectivity index (χ0) is 15.6. The topological polar surface area (TPSA) is 91.5 Å². The number of amides is 1. The average Bonchev–Trinajstić information content (AvgIpc) is 2.56. The van der Waals surface area contributed by atoms with Crippen LogP contribution in [0.25, 0.3) is 0 Å². The number of carbonyl (C=O) groups is 1. The number of anilines is 1. The lowest BCUT2D eigenvalue weighted by atomic mass is 9.65. The summed E-state index contributed by atoms with van der Waals surface area (Å²) in [6.07, 6.45) is 3.24. The average molecular weight is 304 g/mol. The first-order valence-corrected chi connectivity index (χ1v) is 7.98. The van der Waals surface area contributed by atoms with Crippen molar-refractivity contribution < 1.29 is 9.90 Å². The van der Waals surface area contributed by atoms with Crippen molar-refractivity contribution in [3.05, 3.63) is 23.9 Å². The summed E-state index contributed by atoms with van der Waals surface area (Å²) in [7, 11) is 0. The van der Waals surface area contributed by atoms with Gasteiger partial charge in [-0.2, -0.15) is 0 Å². The van der Waals surface area contributed by atoms with Crippen molar-refractivity contribution in [2.75, 3.05) is 37.7 Å². The van der Waals surface area contributed by atoms with E-state index in [9.17, 15) is 9.90 Å². The molecule has 1 atom stereocenters. The molecule has 3 heterocycles. The van der Waals surface area contributed by atoms with Gasteiger partial charge in [0.15, 0.2) is 0 Å². The third kappa shape index (κ3) is 2.80. The van der Waals surface area contributed by atoms with Crippen LogP contribution in [0, 0.1) is 11.3 Å². The molecular weight excluding hydrogens is 280 g/mol. The fourth-order valence-corrected chi connectivity index (χ4v) is 3.87. The first-order chi connectivity index (χ1) is 10.6. The van der Waals surface area contributed by atoms with Gasteiger partial charge in [-0.15, -0.1) is 0 Å². The van der Waals surface area contributed by atoms with Crippen LogP contribution >= 0.6 is 0 Å². The standard InChI is InChI=1S/C16H24N4O2/c17-15(22)13-2-1-3-14(19-13)20-8-5-16(6-9-20)4-7-18-10-12(16)11-21/h1-3,12,18,21H,4-11H2,(H2,17,22)/t12-/m0/s1. The Morgan fingerprint density at radius 3 is 2.86 bits per heavy atom. The van der Waals surface area contributed by atoms with Crippen LogP contribution in [0.2, 0.25) is 0 Å². The molecule has 0 unspecified atom stereocenters. The normalized spacial score (nSPS) is 24.4. The van der Waals surface area contributed by atoms with Gasteiger partial charge in [-0.3, -0.25) is 4.79 Å². The Morgan fingerprint density at radius 2 is 2.18 bits per heavy atom. The molecule has 22 heavy (non-hydrogen) atoms. The number of piperidine rings is 2. The van der Waals surface area contributed by atoms with E-state index in [4.69, 9.17) is 5.73 Å². The summed E-state index contributed by atoms with van der Waals surface area (Å²) in [5, 5.41) is 13.1. The predicted octanol–water partition coefficient (Wildman–Crippen LogP) is 0.369. The number of nitrogens with one attached hydrogen (secondary N) is 1. The maximum Gasteiger partial charge on any atom is 0.267 e. The quantitative estimate of drug-likeness (QED) is 0.750. The smallest absolute Gasteiger partial charge is 0.267 e. The van der Waals surface area contributed by atoms with Crippen LogP contribution in [0.5, 0.6) is 0 Å². The Hall–Kier alpha value is -1.66. The van der Waals surface area contributed by atoms with E-state index in [2.05, 4.69) is 15.2 Å². The summed E-state index contributed by atoms with van der Waals surface area (Å²) < 4.78 is 0. The molecule has 2 fully saturated rings. The molecule has 0 saturated carbocycles. The molecule has 120 valence electrons. The van der Waals surface area contributed by atoms with Crippen LogP contribution in [-0.2, 0) is 0 Å². The van der Waals surface area contributed by atoms with Gasteiger partial charge in [0, 0.05) is 32.2 Å². The van der Waals surface area contributed by atoms with E-state index in [1.807, 2.05) is 12.1 Å². The number of hydrogen-bond donors (Lipinski definition) is 3. The van der Waals surface area contributed by atoms with Crippen LogP contribution in [0.1, 0.15) is 29.8 Å². The maximum atomic E-state index is 11.3. The molecule has 3 rings (SSSR count). The van der Waals surface area contributed by atoms with E-state index >= 15 is 0 Å². The molecule has 4 N–H and O–H groups in total. The van der Waals surface area contributed by atoms with E-state index in [0.29, 0.717) is 11.6 Å². The lowest BCUT2D eigenvalue weighted by Gasteiger charge is -2.49. The van der Waals surface area contributed by atoms with Crippen molar-refractivity contribution in [1.82, 2.24) is 10.3 Å². The van der Waals surface area contributed by atoms with Gasteiger partial charge in [-0.1, -0.05) is 6.07 Å². The van der Waals surface area contributed by atoms with Gasteiger partial charge in [0.05, 0.1) is 0 Å². The largest absolute Gasteiger partial charge is 0.396 e. The van der Waals surface area contributed by atoms with E-state index in [-0.39, 0.29) is 12.0 Å². The number of rotatable bonds is 3. The molecule has 0 radical (unpaired) electrons. The number of aliphatic hydroxyl groups is 1. The van der Waals surface area contributed by atoms with Crippen molar-refractivity contribution in [3.63, 3.8) is 0 Å². The van der Waals surface area contributed by atoms with Gasteiger partial charge >= 0.3 is 0 Å². The van der Waals surface area contributed by atoms with E-state index in [0.717, 1.165) is 51.3 Å². The number of nitrogens with two attached hydrogens (primary N) is 1. The summed E-state index contributed by atoms with van der Waals surface area (Å²) in [6, 6.07) is 5.40. The second-order valence-corrected chi connectivity index (χ2v) is 6.43. The number of pyridine rings is 1. The molecule has 2 aliphatic heterocycles. The molecule has 0 aromatic carbocycles. The molecule has 1 aromatic heterocycles. The molecule has 2 aliphatic rings. The zero-order valence-electron chi connectivity index (χ0n) is 12.8. The first kappa shape index (κ1) is 15.2. The van der Waals surface area contributed by atoms with E-state index in [1.165, 1.54) is 0 Å². The Labute approximate surface area is 130 Å². The number of hydrogen-bond acceptors (Lipinski definition) is 5. The van der Waals surface area contributed by atoms with Gasteiger partial charge in [0.1, 0.15) is 11.5 Å². The van der Waals surface area contributed by atoms with Gasteiger partial charge in [0.2, 0.25) is 0 Å². The predicted molar refractivity (Wildman–Crippen MR) is 84.7 cm³/mol. The number of carbonyl (C=O) groups excluding carboxylic acids is 1. The number of aromatic nitrogens is 1. The third-order valence-corrected chi connectivity index (χ3v) is 5.35. The highest BCUT2D eigenvalue weighted by Gasteiger charge is 2.42. The fourth-order valence-electron chi connectivity index (χ4n) is 3.87. The molecule has 1 aromatic rings. The Morgan fingerprint density at radius 1 is 1.41 bits per heavy atom. The molecule has 0 bridgehead atoms. The van der Waals surface area contributed by atoms with Crippen LogP contribution in [-0.4, -0.2) is 48.8 Å². The van der Waals surface area contributed by atoms with Gasteiger partial charge in [-0.05, 0) is 43.4 Å². The monoisotopic (exact) mass is 304 g/mol. The van der Waals surface area contributed by atoms with Gasteiger partial charge < -0.3 is 21.1 Å². The van der Waals surface area contributed by atoms with Crippen molar-refractivity contribution in [2.24, 2.45) is 17.1 Å². The highest BCUT2D eigenvalue weighted by atomic mass is 16.3. The summed E-state index contributed by atoms with van der Waals surface area (Å²) in [6.45, 7) is 4.01. The molecular formula is C16H24N4O2. The second-order valence-electron chi connectivity index (χ2n) is 6.43. The Balaban J connectivity index is 1.71. The highest BCUT2D eigenvalue weighted by molar-refractivity contribution is 5.91. The van der Waals surface area contributed by atoms with Crippen LogP contribution in [0.3, 0.4) is 0 Å². The first-order valence-electron chi connectivity index (χ1n) is 7.98. The minimum absolute atomic E-state index is 0.248. The molecule has 1 spiro atoms. The summed E-state index contributed by atoms with van der Waals surface area (Å²) in [5.41, 5.74) is 5.87. The van der Waals surface area contributed by atoms with E-state index < -0.39 is 5.91 Å². The fraction of sp³-hybridized carbons (Fsp3) is 0.625. The van der Waals surface area contributed by atoms with Gasteiger partial charge in [0.25, 0.3) is 5.91 Å². The Kier molecular flexibility index (Phi) is 4.31. The summed E-state index contributed by atoms with van der Waals surface area (Å²) >= 11 is 0. The number of nitrogens with zero attached hydrogens (tertiary/aromatic N) is 2. The molecule has 6 heteroatoms. The van der Waals surface area contributed by atoms with Crippen LogP contribution in [0.4, 0.5) is 5.82 Å². The SMILES string of the molecule is NC(=O)c1cccc(N2CCC3(CCNC[C@H]3CO)CC2)n1. The molecule has 2 saturated heterocycles. The minimum Gasteiger partial charge on any atom is -0.396 e. The van der Waals surface area contributed by atoms with Crippen LogP contribution < -0.4 is 16.0 Å². The Bertz CT molecular complexity index is 541. The number of primary amides is 1. The lowest BCUT2D eigenvalue weighted by molar-refractivity contribution is 0.0326. The summed E-state index contributed by atoms with van der Waals surface area (Å²) in [4.78, 5) is 17.8. The minimum atomic E-state index is -0.492. The third-order valence-electron chi connectivity index (χ3n) is 5.35. The molecule has 0 aliphatic carbocycles. The van der Waals surface area contributed by atoms with Crippen molar-refractivity contribution >= 4 is 11.7 Å². The maximum absolute atomic E-state index is 11.3.